The van der Waals surface area contributed by atoms with Gasteiger partial charge in [0.1, 0.15) is 17.4 Å². The molecular formula is C28H28N6O2. The fourth-order valence-corrected chi connectivity index (χ4v) is 5.61. The Balaban J connectivity index is 1.23. The first kappa shape index (κ1) is 21.4. The third-order valence-electron chi connectivity index (χ3n) is 7.84. The summed E-state index contributed by atoms with van der Waals surface area (Å²) in [6.07, 6.45) is 10.0. The van der Waals surface area contributed by atoms with E-state index in [2.05, 4.69) is 33.1 Å². The van der Waals surface area contributed by atoms with Gasteiger partial charge in [0.25, 0.3) is 5.91 Å². The third-order valence-corrected chi connectivity index (χ3v) is 7.84. The second-order valence-corrected chi connectivity index (χ2v) is 10.0. The van der Waals surface area contributed by atoms with Gasteiger partial charge in [-0.3, -0.25) is 9.69 Å². The predicted molar refractivity (Wildman–Crippen MR) is 136 cm³/mol. The molecule has 0 unspecified atom stereocenters. The highest BCUT2D eigenvalue weighted by molar-refractivity contribution is 6.01. The van der Waals surface area contributed by atoms with Crippen LogP contribution in [0.4, 0.5) is 0 Å². The number of aromatic amines is 1. The lowest BCUT2D eigenvalue weighted by Gasteiger charge is -2.34. The summed E-state index contributed by atoms with van der Waals surface area (Å²) in [6.45, 7) is 1.45. The number of carbonyl (C=O) groups excluding carboxylic acids is 1. The molecule has 8 nitrogen and oxygen atoms in total. The Labute approximate surface area is 208 Å². The van der Waals surface area contributed by atoms with Gasteiger partial charge in [0, 0.05) is 42.8 Å². The first-order chi connectivity index (χ1) is 17.7. The molecule has 36 heavy (non-hydrogen) atoms. The van der Waals surface area contributed by atoms with Crippen LogP contribution in [0.1, 0.15) is 58.4 Å². The van der Waals surface area contributed by atoms with Crippen molar-refractivity contribution < 1.29 is 9.21 Å². The zero-order valence-corrected chi connectivity index (χ0v) is 20.2. The lowest BCUT2D eigenvalue weighted by molar-refractivity contribution is 0.0675. The largest absolute Gasteiger partial charge is 0.458 e. The van der Waals surface area contributed by atoms with Gasteiger partial charge >= 0.3 is 0 Å². The first-order valence-electron chi connectivity index (χ1n) is 12.6. The van der Waals surface area contributed by atoms with Gasteiger partial charge in [-0.2, -0.15) is 5.10 Å². The van der Waals surface area contributed by atoms with Crippen molar-refractivity contribution in [3.8, 4) is 0 Å². The number of nitrogens with zero attached hydrogens (tertiary/aromatic N) is 5. The van der Waals surface area contributed by atoms with Crippen molar-refractivity contribution in [2.24, 2.45) is 0 Å². The number of para-hydroxylation sites is 1. The van der Waals surface area contributed by atoms with Gasteiger partial charge in [0.15, 0.2) is 0 Å². The number of H-pyrrole nitrogens is 1. The number of pyridine rings is 1. The van der Waals surface area contributed by atoms with E-state index in [1.54, 1.807) is 12.5 Å². The van der Waals surface area contributed by atoms with Crippen LogP contribution in [0.3, 0.4) is 0 Å². The summed E-state index contributed by atoms with van der Waals surface area (Å²) < 4.78 is 8.06. The molecule has 0 radical (unpaired) electrons. The number of benzene rings is 1. The van der Waals surface area contributed by atoms with Crippen molar-refractivity contribution in [3.05, 3.63) is 89.5 Å². The minimum Gasteiger partial charge on any atom is -0.458 e. The average molecular weight is 481 g/mol. The van der Waals surface area contributed by atoms with Crippen molar-refractivity contribution in [2.45, 2.75) is 44.3 Å². The Bertz CT molecular complexity index is 1540. The maximum absolute atomic E-state index is 14.0. The molecular weight excluding hydrogens is 452 g/mol. The van der Waals surface area contributed by atoms with Crippen molar-refractivity contribution in [1.82, 2.24) is 29.4 Å². The lowest BCUT2D eigenvalue weighted by Crippen LogP contribution is -2.40. The van der Waals surface area contributed by atoms with Gasteiger partial charge in [0.05, 0.1) is 29.3 Å². The number of amides is 1. The molecule has 1 saturated carbocycles. The molecule has 4 aromatic heterocycles. The van der Waals surface area contributed by atoms with Crippen LogP contribution < -0.4 is 0 Å². The predicted octanol–water partition coefficient (Wildman–Crippen LogP) is 4.58. The average Bonchev–Trinajstić information content (AvgIpc) is 3.58. The molecule has 1 aromatic carbocycles. The Morgan fingerprint density at radius 3 is 2.94 bits per heavy atom. The molecule has 7 rings (SSSR count). The Morgan fingerprint density at radius 2 is 2.11 bits per heavy atom. The van der Waals surface area contributed by atoms with Gasteiger partial charge in [-0.05, 0) is 43.7 Å². The summed E-state index contributed by atoms with van der Waals surface area (Å²) in [4.78, 5) is 26.1. The van der Waals surface area contributed by atoms with Gasteiger partial charge in [-0.25, -0.2) is 9.50 Å². The zero-order chi connectivity index (χ0) is 24.2. The summed E-state index contributed by atoms with van der Waals surface area (Å²) in [5, 5.41) is 5.57. The molecule has 182 valence electrons. The van der Waals surface area contributed by atoms with Crippen LogP contribution >= 0.6 is 0 Å². The van der Waals surface area contributed by atoms with E-state index in [9.17, 15) is 4.79 Å². The standard InChI is InChI=1S/C28H28N6O2/c1-32(20-6-4-7-20)15-18-9-10-23-21(14-31-34(23)16-18)28(35)33-12-11-22-26(30-17-29-22)27(33)25-13-19-5-2-3-8-24(19)36-25/h2-3,5,8-10,13-14,16-17,20,27H,4,6-7,11-12,15H2,1H3,(H,29,30)/t27-/m1/s1. The summed E-state index contributed by atoms with van der Waals surface area (Å²) in [5.41, 5.74) is 5.28. The van der Waals surface area contributed by atoms with Crippen molar-refractivity contribution in [2.75, 3.05) is 13.6 Å². The second-order valence-electron chi connectivity index (χ2n) is 10.0. The number of nitrogens with one attached hydrogen (secondary N) is 1. The molecule has 1 N–H and O–H groups in total. The number of fused-ring (bicyclic) bond motifs is 3. The van der Waals surface area contributed by atoms with Crippen LogP contribution in [-0.4, -0.2) is 54.9 Å². The molecule has 1 aliphatic heterocycles. The van der Waals surface area contributed by atoms with Crippen LogP contribution in [0.2, 0.25) is 0 Å². The quantitative estimate of drug-likeness (QED) is 0.398. The van der Waals surface area contributed by atoms with Crippen LogP contribution in [0.25, 0.3) is 16.5 Å². The molecule has 1 fully saturated rings. The molecule has 0 spiro atoms. The molecule has 8 heteroatoms. The van der Waals surface area contributed by atoms with Crippen LogP contribution in [-0.2, 0) is 13.0 Å². The fourth-order valence-electron chi connectivity index (χ4n) is 5.61. The molecule has 1 atom stereocenters. The normalized spacial score (nSPS) is 18.2. The molecule has 5 aromatic rings. The smallest absolute Gasteiger partial charge is 0.258 e. The minimum atomic E-state index is -0.398. The van der Waals surface area contributed by atoms with Gasteiger partial charge in [-0.15, -0.1) is 0 Å². The second kappa shape index (κ2) is 8.34. The first-order valence-corrected chi connectivity index (χ1v) is 12.6. The fraction of sp³-hybridized carbons (Fsp3) is 0.321. The van der Waals surface area contributed by atoms with E-state index in [0.717, 1.165) is 40.2 Å². The molecule has 1 aliphatic carbocycles. The summed E-state index contributed by atoms with van der Waals surface area (Å²) in [6, 6.07) is 14.3. The Kier molecular flexibility index (Phi) is 4.95. The highest BCUT2D eigenvalue weighted by atomic mass is 16.3. The molecule has 0 bridgehead atoms. The van der Waals surface area contributed by atoms with E-state index < -0.39 is 6.04 Å². The van der Waals surface area contributed by atoms with E-state index in [1.807, 2.05) is 52.0 Å². The van der Waals surface area contributed by atoms with Crippen LogP contribution in [0.15, 0.2) is 65.6 Å². The number of hydrogen-bond donors (Lipinski definition) is 1. The third kappa shape index (κ3) is 3.44. The van der Waals surface area contributed by atoms with Crippen molar-refractivity contribution in [3.63, 3.8) is 0 Å². The zero-order valence-electron chi connectivity index (χ0n) is 20.2. The van der Waals surface area contributed by atoms with Gasteiger partial charge in [0.2, 0.25) is 0 Å². The van der Waals surface area contributed by atoms with E-state index in [1.165, 1.54) is 24.8 Å². The highest BCUT2D eigenvalue weighted by Crippen LogP contribution is 2.37. The maximum atomic E-state index is 14.0. The number of rotatable bonds is 5. The number of furan rings is 1. The topological polar surface area (TPSA) is 82.7 Å². The molecule has 2 aliphatic rings. The van der Waals surface area contributed by atoms with Crippen LogP contribution in [0.5, 0.6) is 0 Å². The molecule has 1 amide bonds. The summed E-state index contributed by atoms with van der Waals surface area (Å²) in [5.74, 6) is 0.652. The SMILES string of the molecule is CN(Cc1ccc2c(C(=O)N3CCc4[nH]cnc4[C@H]3c3cc4ccccc4o3)cnn2c1)C1CCC1. The molecule has 5 heterocycles. The number of hydrogen-bond acceptors (Lipinski definition) is 5. The van der Waals surface area contributed by atoms with E-state index in [4.69, 9.17) is 4.42 Å². The lowest BCUT2D eigenvalue weighted by atomic mass is 9.92. The monoisotopic (exact) mass is 480 g/mol. The van der Waals surface area contributed by atoms with E-state index >= 15 is 0 Å². The van der Waals surface area contributed by atoms with Gasteiger partial charge in [-0.1, -0.05) is 30.7 Å². The van der Waals surface area contributed by atoms with Crippen molar-refractivity contribution in [1.29, 1.82) is 0 Å². The van der Waals surface area contributed by atoms with Crippen LogP contribution in [0, 0.1) is 0 Å². The highest BCUT2D eigenvalue weighted by Gasteiger charge is 2.37. The number of imidazole rings is 1. The summed E-state index contributed by atoms with van der Waals surface area (Å²) in [7, 11) is 2.18. The van der Waals surface area contributed by atoms with E-state index in [-0.39, 0.29) is 5.91 Å². The van der Waals surface area contributed by atoms with Crippen molar-refractivity contribution >= 4 is 22.4 Å². The maximum Gasteiger partial charge on any atom is 0.258 e. The van der Waals surface area contributed by atoms with Gasteiger partial charge < -0.3 is 14.3 Å². The summed E-state index contributed by atoms with van der Waals surface area (Å²) >= 11 is 0. The number of aromatic nitrogens is 4. The number of carbonyl (C=O) groups is 1. The van der Waals surface area contributed by atoms with E-state index in [0.29, 0.717) is 24.6 Å². The Morgan fingerprint density at radius 1 is 1.22 bits per heavy atom. The Hall–Kier alpha value is -3.91. The minimum absolute atomic E-state index is 0.0663. The molecule has 0 saturated heterocycles.